The van der Waals surface area contributed by atoms with Crippen LogP contribution >= 0.6 is 0 Å². The molecule has 0 radical (unpaired) electrons. The molecule has 2 amide bonds. The molecule has 140 valence electrons. The molecule has 6 nitrogen and oxygen atoms in total. The van der Waals surface area contributed by atoms with Crippen LogP contribution in [0.2, 0.25) is 0 Å². The molecule has 3 aromatic rings. The van der Waals surface area contributed by atoms with E-state index in [0.717, 1.165) is 11.6 Å². The van der Waals surface area contributed by atoms with Crippen molar-refractivity contribution < 1.29 is 22.8 Å². The van der Waals surface area contributed by atoms with Gasteiger partial charge in [-0.3, -0.25) is 14.6 Å². The van der Waals surface area contributed by atoms with Gasteiger partial charge < -0.3 is 15.6 Å². The zero-order valence-electron chi connectivity index (χ0n) is 14.1. The number of nitrogens with zero attached hydrogens (tertiary/aromatic N) is 1. The van der Waals surface area contributed by atoms with E-state index in [2.05, 4.69) is 20.6 Å². The summed E-state index contributed by atoms with van der Waals surface area (Å²) in [5, 5.41) is 5.39. The van der Waals surface area contributed by atoms with Gasteiger partial charge in [-0.15, -0.1) is 0 Å². The van der Waals surface area contributed by atoms with Crippen LogP contribution < -0.4 is 10.6 Å². The third kappa shape index (κ3) is 4.08. The minimum Gasteiger partial charge on any atom is -0.359 e. The van der Waals surface area contributed by atoms with Gasteiger partial charge in [-0.2, -0.15) is 13.2 Å². The molecule has 0 fully saturated rings. The topological polar surface area (TPSA) is 86.9 Å². The van der Waals surface area contributed by atoms with Crippen molar-refractivity contribution in [2.75, 3.05) is 5.32 Å². The van der Waals surface area contributed by atoms with Crippen LogP contribution in [0.25, 0.3) is 10.9 Å². The summed E-state index contributed by atoms with van der Waals surface area (Å²) in [5.41, 5.74) is 0.673. The van der Waals surface area contributed by atoms with Crippen molar-refractivity contribution in [1.29, 1.82) is 0 Å². The number of carbonyl (C=O) groups excluding carboxylic acids is 2. The van der Waals surface area contributed by atoms with Crippen LogP contribution in [0, 0.1) is 6.92 Å². The Morgan fingerprint density at radius 2 is 1.96 bits per heavy atom. The van der Waals surface area contributed by atoms with Crippen molar-refractivity contribution in [3.63, 3.8) is 0 Å². The van der Waals surface area contributed by atoms with Gasteiger partial charge in [0.15, 0.2) is 0 Å². The highest BCUT2D eigenvalue weighted by molar-refractivity contribution is 6.40. The first-order valence-corrected chi connectivity index (χ1v) is 7.92. The lowest BCUT2D eigenvalue weighted by Gasteiger charge is -2.12. The van der Waals surface area contributed by atoms with Crippen molar-refractivity contribution >= 4 is 28.4 Å². The molecule has 0 aliphatic heterocycles. The summed E-state index contributed by atoms with van der Waals surface area (Å²) in [6.07, 6.45) is 0.149. The maximum absolute atomic E-state index is 12.9. The molecule has 0 aliphatic carbocycles. The maximum Gasteiger partial charge on any atom is 0.416 e. The molecule has 27 heavy (non-hydrogen) atoms. The number of aromatic amines is 1. The summed E-state index contributed by atoms with van der Waals surface area (Å²) in [6, 6.07) is 5.46. The maximum atomic E-state index is 12.9. The van der Waals surface area contributed by atoms with Crippen LogP contribution in [0.3, 0.4) is 0 Å². The lowest BCUT2D eigenvalue weighted by Crippen LogP contribution is -2.35. The number of carbonyl (C=O) groups is 2. The molecule has 0 saturated heterocycles. The van der Waals surface area contributed by atoms with E-state index in [9.17, 15) is 22.8 Å². The van der Waals surface area contributed by atoms with Crippen LogP contribution in [-0.2, 0) is 22.3 Å². The minimum absolute atomic E-state index is 0.0864. The molecule has 0 bridgehead atoms. The number of anilines is 1. The second-order valence-corrected chi connectivity index (χ2v) is 5.91. The number of rotatable bonds is 3. The average molecular weight is 376 g/mol. The van der Waals surface area contributed by atoms with E-state index in [1.165, 1.54) is 31.5 Å². The Labute approximate surface area is 151 Å². The second kappa shape index (κ2) is 7.10. The first-order chi connectivity index (χ1) is 12.8. The van der Waals surface area contributed by atoms with Crippen molar-refractivity contribution in [1.82, 2.24) is 15.3 Å². The van der Waals surface area contributed by atoms with Gasteiger partial charge in [0.1, 0.15) is 0 Å². The van der Waals surface area contributed by atoms with Crippen molar-refractivity contribution in [3.8, 4) is 0 Å². The Bertz CT molecular complexity index is 1010. The summed E-state index contributed by atoms with van der Waals surface area (Å²) in [7, 11) is 0. The molecule has 3 N–H and O–H groups in total. The average Bonchev–Trinajstić information content (AvgIpc) is 3.03. The van der Waals surface area contributed by atoms with Crippen LogP contribution in [0.1, 0.15) is 16.7 Å². The largest absolute Gasteiger partial charge is 0.416 e. The molecule has 0 saturated carbocycles. The number of aromatic nitrogens is 2. The third-order valence-corrected chi connectivity index (χ3v) is 4.00. The zero-order chi connectivity index (χ0) is 19.6. The summed E-state index contributed by atoms with van der Waals surface area (Å²) in [6.45, 7) is 1.15. The highest BCUT2D eigenvalue weighted by Crippen LogP contribution is 2.32. The zero-order valence-corrected chi connectivity index (χ0v) is 14.1. The van der Waals surface area contributed by atoms with Gasteiger partial charge in [-0.05, 0) is 30.2 Å². The first kappa shape index (κ1) is 18.4. The minimum atomic E-state index is -4.48. The summed E-state index contributed by atoms with van der Waals surface area (Å²) in [5.74, 6) is -1.88. The fourth-order valence-corrected chi connectivity index (χ4v) is 2.59. The Kier molecular flexibility index (Phi) is 4.85. The first-order valence-electron chi connectivity index (χ1n) is 7.92. The van der Waals surface area contributed by atoms with Crippen LogP contribution in [-0.4, -0.2) is 21.8 Å². The number of hydrogen-bond acceptors (Lipinski definition) is 3. The van der Waals surface area contributed by atoms with Gasteiger partial charge in [-0.1, -0.05) is 12.1 Å². The van der Waals surface area contributed by atoms with Gasteiger partial charge in [-0.25, -0.2) is 0 Å². The van der Waals surface area contributed by atoms with Crippen LogP contribution in [0.5, 0.6) is 0 Å². The smallest absolute Gasteiger partial charge is 0.359 e. The van der Waals surface area contributed by atoms with Crippen molar-refractivity contribution in [2.24, 2.45) is 0 Å². The molecule has 2 aromatic heterocycles. The normalized spacial score (nSPS) is 11.4. The number of amides is 2. The molecular formula is C18H15F3N4O2. The van der Waals surface area contributed by atoms with E-state index in [0.29, 0.717) is 11.1 Å². The number of benzene rings is 1. The molecular weight excluding hydrogens is 361 g/mol. The fraction of sp³-hybridized carbons (Fsp3) is 0.167. The monoisotopic (exact) mass is 376 g/mol. The van der Waals surface area contributed by atoms with E-state index < -0.39 is 23.6 Å². The molecule has 2 heterocycles. The lowest BCUT2D eigenvalue weighted by molar-refractivity contribution is -0.138. The highest BCUT2D eigenvalue weighted by Gasteiger charge is 2.32. The third-order valence-electron chi connectivity index (χ3n) is 4.00. The predicted molar refractivity (Wildman–Crippen MR) is 92.8 cm³/mol. The van der Waals surface area contributed by atoms with Crippen molar-refractivity contribution in [3.05, 3.63) is 59.5 Å². The molecule has 0 atom stereocenters. The van der Waals surface area contributed by atoms with Crippen LogP contribution in [0.15, 0.2) is 42.9 Å². The Hall–Kier alpha value is -3.36. The summed E-state index contributed by atoms with van der Waals surface area (Å²) < 4.78 is 38.8. The second-order valence-electron chi connectivity index (χ2n) is 5.91. The standard InChI is InChI=1S/C18H15F3N4O2/c1-10-2-3-11(6-13(10)18(19,20)21)7-24-16(26)17(27)25-15-9-23-14-4-5-22-8-12(14)15/h2-6,8-9,23H,7H2,1H3,(H,24,26)(H,25,27). The molecule has 0 aliphatic rings. The Morgan fingerprint density at radius 1 is 1.19 bits per heavy atom. The number of alkyl halides is 3. The van der Waals surface area contributed by atoms with Gasteiger partial charge in [0.25, 0.3) is 0 Å². The van der Waals surface area contributed by atoms with Gasteiger partial charge >= 0.3 is 18.0 Å². The number of fused-ring (bicyclic) bond motifs is 1. The number of H-pyrrole nitrogens is 1. The van der Waals surface area contributed by atoms with Crippen molar-refractivity contribution in [2.45, 2.75) is 19.6 Å². The molecule has 0 unspecified atom stereocenters. The molecule has 0 spiro atoms. The van der Waals surface area contributed by atoms with E-state index in [1.807, 2.05) is 0 Å². The quantitative estimate of drug-likeness (QED) is 0.614. The Balaban J connectivity index is 1.65. The van der Waals surface area contributed by atoms with Gasteiger partial charge in [0.05, 0.1) is 16.8 Å². The van der Waals surface area contributed by atoms with E-state index in [1.54, 1.807) is 12.3 Å². The molecule has 9 heteroatoms. The van der Waals surface area contributed by atoms with E-state index in [4.69, 9.17) is 0 Å². The Morgan fingerprint density at radius 3 is 2.70 bits per heavy atom. The number of nitrogens with one attached hydrogen (secondary N) is 3. The summed E-state index contributed by atoms with van der Waals surface area (Å²) >= 11 is 0. The number of halogens is 3. The molecule has 3 rings (SSSR count). The van der Waals surface area contributed by atoms with E-state index in [-0.39, 0.29) is 17.7 Å². The van der Waals surface area contributed by atoms with E-state index >= 15 is 0 Å². The lowest BCUT2D eigenvalue weighted by atomic mass is 10.0. The number of pyridine rings is 1. The van der Waals surface area contributed by atoms with Gasteiger partial charge in [0, 0.05) is 30.5 Å². The molecule has 1 aromatic carbocycles. The highest BCUT2D eigenvalue weighted by atomic mass is 19.4. The van der Waals surface area contributed by atoms with Crippen LogP contribution in [0.4, 0.5) is 18.9 Å². The SMILES string of the molecule is Cc1ccc(CNC(=O)C(=O)Nc2c[nH]c3ccncc23)cc1C(F)(F)F. The number of aryl methyl sites for hydroxylation is 1. The predicted octanol–water partition coefficient (Wildman–Crippen LogP) is 3.15. The summed E-state index contributed by atoms with van der Waals surface area (Å²) in [4.78, 5) is 30.8. The van der Waals surface area contributed by atoms with Gasteiger partial charge in [0.2, 0.25) is 0 Å². The number of hydrogen-bond donors (Lipinski definition) is 3. The fourth-order valence-electron chi connectivity index (χ4n) is 2.59.